The summed E-state index contributed by atoms with van der Waals surface area (Å²) in [6, 6.07) is 3.28. The van der Waals surface area contributed by atoms with Crippen molar-refractivity contribution < 1.29 is 22.7 Å². The van der Waals surface area contributed by atoms with Crippen LogP contribution in [0.1, 0.15) is 10.5 Å². The zero-order valence-electron chi connectivity index (χ0n) is 18.2. The molecule has 0 atom stereocenters. The summed E-state index contributed by atoms with van der Waals surface area (Å²) >= 11 is 0. The Morgan fingerprint density at radius 2 is 1.91 bits per heavy atom. The van der Waals surface area contributed by atoms with Crippen LogP contribution in [0.15, 0.2) is 41.8 Å². The molecule has 172 valence electrons. The van der Waals surface area contributed by atoms with Crippen molar-refractivity contribution in [2.75, 3.05) is 31.3 Å². The lowest BCUT2D eigenvalue weighted by molar-refractivity contribution is 0.111. The summed E-state index contributed by atoms with van der Waals surface area (Å²) in [5.41, 5.74) is 1.99. The first-order valence-corrected chi connectivity index (χ1v) is 11.1. The molecule has 12 nitrogen and oxygen atoms in total. The maximum atomic E-state index is 12.9. The van der Waals surface area contributed by atoms with Gasteiger partial charge in [-0.25, -0.2) is 18.4 Å². The molecule has 0 bridgehead atoms. The predicted octanol–water partition coefficient (Wildman–Crippen LogP) is 1.80. The largest absolute Gasteiger partial charge is 0.493 e. The van der Waals surface area contributed by atoms with Crippen LogP contribution in [0.25, 0.3) is 16.9 Å². The molecule has 3 heterocycles. The zero-order valence-corrected chi connectivity index (χ0v) is 19.0. The third-order valence-corrected chi connectivity index (χ3v) is 6.20. The van der Waals surface area contributed by atoms with Crippen LogP contribution >= 0.6 is 0 Å². The Kier molecular flexibility index (Phi) is 5.64. The van der Waals surface area contributed by atoms with Gasteiger partial charge in [-0.05, 0) is 12.1 Å². The van der Waals surface area contributed by atoms with Crippen molar-refractivity contribution in [3.63, 3.8) is 0 Å². The first kappa shape index (κ1) is 22.1. The van der Waals surface area contributed by atoms with Gasteiger partial charge in [0.2, 0.25) is 0 Å². The molecule has 0 amide bonds. The average molecular weight is 471 g/mol. The monoisotopic (exact) mass is 471 g/mol. The number of aromatic nitrogens is 5. The first-order chi connectivity index (χ1) is 15.8. The van der Waals surface area contributed by atoms with E-state index in [0.29, 0.717) is 34.8 Å². The highest BCUT2D eigenvalue weighted by Crippen LogP contribution is 2.41. The summed E-state index contributed by atoms with van der Waals surface area (Å²) < 4.78 is 42.3. The number of sulfonamides is 1. The Labute approximate surface area is 189 Å². The number of nitrogens with zero attached hydrogens (tertiary/aromatic N) is 5. The van der Waals surface area contributed by atoms with Crippen molar-refractivity contribution in [1.29, 1.82) is 0 Å². The van der Waals surface area contributed by atoms with Crippen molar-refractivity contribution in [2.45, 2.75) is 4.90 Å². The summed E-state index contributed by atoms with van der Waals surface area (Å²) in [7, 11) is 2.20. The first-order valence-electron chi connectivity index (χ1n) is 9.60. The number of nitrogens with one attached hydrogen (secondary N) is 2. The molecule has 33 heavy (non-hydrogen) atoms. The lowest BCUT2D eigenvalue weighted by atomic mass is 10.1. The lowest BCUT2D eigenvalue weighted by Gasteiger charge is -2.16. The molecule has 0 saturated heterocycles. The molecule has 4 aromatic rings. The van der Waals surface area contributed by atoms with Gasteiger partial charge < -0.3 is 14.8 Å². The number of carbonyl (C=O) groups is 1. The second kappa shape index (κ2) is 8.43. The summed E-state index contributed by atoms with van der Waals surface area (Å²) in [4.78, 5) is 20.0. The van der Waals surface area contributed by atoms with Crippen LogP contribution in [0.5, 0.6) is 11.5 Å². The number of anilines is 2. The van der Waals surface area contributed by atoms with E-state index in [1.165, 1.54) is 31.3 Å². The van der Waals surface area contributed by atoms with Crippen LogP contribution in [0.2, 0.25) is 0 Å². The molecule has 0 fully saturated rings. The molecular weight excluding hydrogens is 450 g/mol. The Hall–Kier alpha value is -4.13. The van der Waals surface area contributed by atoms with Crippen molar-refractivity contribution in [3.8, 4) is 22.8 Å². The van der Waals surface area contributed by atoms with Gasteiger partial charge in [-0.1, -0.05) is 0 Å². The van der Waals surface area contributed by atoms with Crippen LogP contribution < -0.4 is 19.5 Å². The highest BCUT2D eigenvalue weighted by molar-refractivity contribution is 7.92. The van der Waals surface area contributed by atoms with Gasteiger partial charge in [-0.15, -0.1) is 0 Å². The van der Waals surface area contributed by atoms with E-state index in [-0.39, 0.29) is 22.0 Å². The van der Waals surface area contributed by atoms with Crippen LogP contribution in [0.4, 0.5) is 11.5 Å². The topological polar surface area (TPSA) is 142 Å². The fraction of sp³-hybridized carbons (Fsp3) is 0.200. The molecular formula is C20H21N7O5S. The number of aryl methyl sites for hydroxylation is 1. The highest BCUT2D eigenvalue weighted by atomic mass is 32.2. The number of rotatable bonds is 8. The maximum absolute atomic E-state index is 12.9. The quantitative estimate of drug-likeness (QED) is 0.368. The van der Waals surface area contributed by atoms with E-state index in [1.807, 2.05) is 0 Å². The van der Waals surface area contributed by atoms with Crippen molar-refractivity contribution in [3.05, 3.63) is 42.6 Å². The molecule has 0 aliphatic carbocycles. The number of hydrogen-bond acceptors (Lipinski definition) is 9. The molecule has 0 spiro atoms. The molecule has 0 aliphatic heterocycles. The van der Waals surface area contributed by atoms with E-state index < -0.39 is 10.0 Å². The SMILES string of the molecule is CNc1nc(C=O)cn2c(-c3cc(NS(=O)(=O)c4cnn(C)c4)c(OC)c(OC)c3)cnc12. The Bertz CT molecular complexity index is 1460. The lowest BCUT2D eigenvalue weighted by Crippen LogP contribution is -2.13. The minimum absolute atomic E-state index is 0.00779. The normalized spacial score (nSPS) is 11.4. The number of ether oxygens (including phenoxy) is 2. The van der Waals surface area contributed by atoms with Crippen molar-refractivity contribution in [1.82, 2.24) is 24.1 Å². The average Bonchev–Trinajstić information content (AvgIpc) is 3.44. The number of benzene rings is 1. The van der Waals surface area contributed by atoms with Gasteiger partial charge in [0.1, 0.15) is 10.6 Å². The molecule has 0 saturated carbocycles. The maximum Gasteiger partial charge on any atom is 0.265 e. The number of imidazole rings is 1. The molecule has 13 heteroatoms. The standard InChI is InChI=1S/C20H21N7O5S/c1-21-19-20-22-8-16(27(20)9-13(11-28)24-19)12-5-15(18(32-4)17(6-12)31-3)25-33(29,30)14-7-23-26(2)10-14/h5-11,25H,1-4H3,(H,21,24). The third kappa shape index (κ3) is 3.93. The van der Waals surface area contributed by atoms with E-state index in [4.69, 9.17) is 9.47 Å². The van der Waals surface area contributed by atoms with E-state index in [1.54, 1.807) is 43.0 Å². The Balaban J connectivity index is 1.90. The summed E-state index contributed by atoms with van der Waals surface area (Å²) in [6.07, 6.45) is 6.39. The van der Waals surface area contributed by atoms with Crippen LogP contribution in [0, 0.1) is 0 Å². The van der Waals surface area contributed by atoms with E-state index in [0.717, 1.165) is 0 Å². The number of methoxy groups -OCH3 is 2. The Morgan fingerprint density at radius 3 is 2.52 bits per heavy atom. The van der Waals surface area contributed by atoms with Gasteiger partial charge in [0.25, 0.3) is 10.0 Å². The molecule has 4 rings (SSSR count). The summed E-state index contributed by atoms with van der Waals surface area (Å²) in [6.45, 7) is 0. The van der Waals surface area contributed by atoms with Gasteiger partial charge in [0, 0.05) is 32.1 Å². The number of hydrogen-bond donors (Lipinski definition) is 2. The van der Waals surface area contributed by atoms with E-state index >= 15 is 0 Å². The minimum Gasteiger partial charge on any atom is -0.493 e. The number of fused-ring (bicyclic) bond motifs is 1. The molecule has 0 unspecified atom stereocenters. The fourth-order valence-corrected chi connectivity index (χ4v) is 4.41. The third-order valence-electron chi connectivity index (χ3n) is 4.88. The fourth-order valence-electron chi connectivity index (χ4n) is 3.37. The molecule has 1 aromatic carbocycles. The van der Waals surface area contributed by atoms with E-state index in [2.05, 4.69) is 25.1 Å². The van der Waals surface area contributed by atoms with E-state index in [9.17, 15) is 13.2 Å². The van der Waals surface area contributed by atoms with Gasteiger partial charge in [-0.3, -0.25) is 18.6 Å². The smallest absolute Gasteiger partial charge is 0.265 e. The van der Waals surface area contributed by atoms with Gasteiger partial charge in [-0.2, -0.15) is 5.10 Å². The van der Waals surface area contributed by atoms with Crippen LogP contribution in [0.3, 0.4) is 0 Å². The Morgan fingerprint density at radius 1 is 1.12 bits per heavy atom. The second-order valence-corrected chi connectivity index (χ2v) is 8.62. The molecule has 3 aromatic heterocycles. The van der Waals surface area contributed by atoms with Crippen LogP contribution in [-0.2, 0) is 17.1 Å². The summed E-state index contributed by atoms with van der Waals surface area (Å²) in [5.74, 6) is 0.921. The van der Waals surface area contributed by atoms with Gasteiger partial charge >= 0.3 is 0 Å². The number of carbonyl (C=O) groups excluding carboxylic acids is 1. The molecule has 0 aliphatic rings. The van der Waals surface area contributed by atoms with Crippen molar-refractivity contribution >= 4 is 33.5 Å². The van der Waals surface area contributed by atoms with Gasteiger partial charge in [0.15, 0.2) is 29.3 Å². The summed E-state index contributed by atoms with van der Waals surface area (Å²) in [5, 5.41) is 6.83. The molecule has 2 N–H and O–H groups in total. The predicted molar refractivity (Wildman–Crippen MR) is 120 cm³/mol. The number of aldehydes is 1. The highest BCUT2D eigenvalue weighted by Gasteiger charge is 2.23. The second-order valence-electron chi connectivity index (χ2n) is 6.93. The van der Waals surface area contributed by atoms with Crippen molar-refractivity contribution in [2.24, 2.45) is 7.05 Å². The minimum atomic E-state index is -3.96. The van der Waals surface area contributed by atoms with Gasteiger partial charge in [0.05, 0.1) is 38.0 Å². The molecule has 0 radical (unpaired) electrons. The van der Waals surface area contributed by atoms with Crippen LogP contribution in [-0.4, -0.2) is 60.1 Å². The zero-order chi connectivity index (χ0) is 23.8.